The number of amides is 1. The maximum absolute atomic E-state index is 12.7. The molecule has 1 saturated heterocycles. The van der Waals surface area contributed by atoms with E-state index in [1.165, 1.54) is 11.3 Å². The molecule has 0 aliphatic carbocycles. The van der Waals surface area contributed by atoms with Crippen LogP contribution in [0.4, 0.5) is 0 Å². The van der Waals surface area contributed by atoms with Gasteiger partial charge in [0.2, 0.25) is 0 Å². The van der Waals surface area contributed by atoms with Crippen molar-refractivity contribution in [3.05, 3.63) is 28.5 Å². The highest BCUT2D eigenvalue weighted by Crippen LogP contribution is 2.30. The van der Waals surface area contributed by atoms with Crippen molar-refractivity contribution in [2.45, 2.75) is 26.8 Å². The van der Waals surface area contributed by atoms with Crippen LogP contribution in [0.5, 0.6) is 0 Å². The molecule has 3 heterocycles. The van der Waals surface area contributed by atoms with Crippen molar-refractivity contribution in [2.24, 2.45) is 0 Å². The van der Waals surface area contributed by atoms with E-state index >= 15 is 0 Å². The SMILES string of the molecule is Cc1ccc(-c2nc(C)c(C(=O)N3CCNC[C@H]3C)s2)o1.Cl.Cl. The first-order valence-corrected chi connectivity index (χ1v) is 7.94. The zero-order chi connectivity index (χ0) is 15.0. The molecule has 1 aliphatic rings. The molecule has 3 rings (SSSR count). The van der Waals surface area contributed by atoms with Gasteiger partial charge in [-0.05, 0) is 32.9 Å². The molecule has 128 valence electrons. The molecule has 0 bridgehead atoms. The standard InChI is InChI=1S/C15H19N3O2S.2ClH/c1-9-8-16-6-7-18(9)15(19)13-11(3)17-14(21-13)12-5-4-10(2)20-12;;/h4-5,9,16H,6-8H2,1-3H3;2*1H/t9-;;/m1../s1. The summed E-state index contributed by atoms with van der Waals surface area (Å²) in [4.78, 5) is 19.9. The molecular weight excluding hydrogens is 357 g/mol. The minimum atomic E-state index is 0. The van der Waals surface area contributed by atoms with Gasteiger partial charge >= 0.3 is 0 Å². The van der Waals surface area contributed by atoms with Crippen molar-refractivity contribution >= 4 is 42.1 Å². The molecule has 0 spiro atoms. The number of carbonyl (C=O) groups is 1. The number of hydrogen-bond acceptors (Lipinski definition) is 5. The molecule has 0 radical (unpaired) electrons. The zero-order valence-corrected chi connectivity index (χ0v) is 15.7. The van der Waals surface area contributed by atoms with Crippen LogP contribution < -0.4 is 5.32 Å². The summed E-state index contributed by atoms with van der Waals surface area (Å²) >= 11 is 1.41. The minimum Gasteiger partial charge on any atom is -0.459 e. The lowest BCUT2D eigenvalue weighted by Crippen LogP contribution is -2.52. The van der Waals surface area contributed by atoms with E-state index in [1.807, 2.05) is 30.9 Å². The Labute approximate surface area is 152 Å². The van der Waals surface area contributed by atoms with Gasteiger partial charge in [-0.25, -0.2) is 4.98 Å². The quantitative estimate of drug-likeness (QED) is 0.871. The molecule has 2 aromatic rings. The fourth-order valence-corrected chi connectivity index (χ4v) is 3.51. The van der Waals surface area contributed by atoms with Gasteiger partial charge in [0.1, 0.15) is 10.6 Å². The third-order valence-electron chi connectivity index (χ3n) is 3.70. The number of piperazine rings is 1. The molecule has 1 amide bonds. The largest absolute Gasteiger partial charge is 0.459 e. The third-order valence-corrected chi connectivity index (χ3v) is 4.86. The summed E-state index contributed by atoms with van der Waals surface area (Å²) in [7, 11) is 0. The number of aryl methyl sites for hydroxylation is 2. The number of carbonyl (C=O) groups excluding carboxylic acids is 1. The summed E-state index contributed by atoms with van der Waals surface area (Å²) in [5, 5.41) is 4.07. The Morgan fingerprint density at radius 2 is 2.13 bits per heavy atom. The fourth-order valence-electron chi connectivity index (χ4n) is 2.52. The van der Waals surface area contributed by atoms with Crippen LogP contribution in [-0.2, 0) is 0 Å². The molecule has 0 unspecified atom stereocenters. The van der Waals surface area contributed by atoms with Crippen LogP contribution in [0.25, 0.3) is 10.8 Å². The smallest absolute Gasteiger partial charge is 0.266 e. The number of thiazole rings is 1. The molecule has 23 heavy (non-hydrogen) atoms. The van der Waals surface area contributed by atoms with Crippen LogP contribution in [0.1, 0.15) is 28.0 Å². The Hall–Kier alpha value is -1.08. The normalized spacial score (nSPS) is 17.3. The topological polar surface area (TPSA) is 58.4 Å². The molecule has 0 saturated carbocycles. The summed E-state index contributed by atoms with van der Waals surface area (Å²) in [5.74, 6) is 1.66. The van der Waals surface area contributed by atoms with Gasteiger partial charge in [0, 0.05) is 25.7 Å². The lowest BCUT2D eigenvalue weighted by atomic mass is 10.2. The average Bonchev–Trinajstić information content (AvgIpc) is 3.05. The highest BCUT2D eigenvalue weighted by molar-refractivity contribution is 7.17. The van der Waals surface area contributed by atoms with Gasteiger partial charge in [-0.1, -0.05) is 0 Å². The number of nitrogens with zero attached hydrogens (tertiary/aromatic N) is 2. The minimum absolute atomic E-state index is 0. The zero-order valence-electron chi connectivity index (χ0n) is 13.3. The van der Waals surface area contributed by atoms with Gasteiger partial charge in [-0.2, -0.15) is 0 Å². The van der Waals surface area contributed by atoms with Gasteiger partial charge in [0.25, 0.3) is 5.91 Å². The highest BCUT2D eigenvalue weighted by atomic mass is 35.5. The number of nitrogens with one attached hydrogen (secondary N) is 1. The van der Waals surface area contributed by atoms with Crippen molar-refractivity contribution in [3.8, 4) is 10.8 Å². The Morgan fingerprint density at radius 1 is 1.39 bits per heavy atom. The van der Waals surface area contributed by atoms with Crippen LogP contribution in [-0.4, -0.2) is 41.5 Å². The third kappa shape index (κ3) is 4.07. The van der Waals surface area contributed by atoms with Gasteiger partial charge in [-0.3, -0.25) is 4.79 Å². The molecule has 0 aromatic carbocycles. The van der Waals surface area contributed by atoms with Crippen molar-refractivity contribution in [2.75, 3.05) is 19.6 Å². The summed E-state index contributed by atoms with van der Waals surface area (Å²) in [6, 6.07) is 4.02. The Balaban J connectivity index is 0.00000132. The first-order chi connectivity index (χ1) is 10.1. The maximum Gasteiger partial charge on any atom is 0.266 e. The Bertz CT molecular complexity index is 671. The second kappa shape index (κ2) is 8.15. The molecule has 1 aliphatic heterocycles. The first-order valence-electron chi connectivity index (χ1n) is 7.12. The predicted molar refractivity (Wildman–Crippen MR) is 97.2 cm³/mol. The van der Waals surface area contributed by atoms with E-state index in [0.717, 1.165) is 41.9 Å². The van der Waals surface area contributed by atoms with E-state index in [-0.39, 0.29) is 36.8 Å². The van der Waals surface area contributed by atoms with E-state index in [9.17, 15) is 4.79 Å². The van der Waals surface area contributed by atoms with E-state index in [2.05, 4.69) is 17.2 Å². The van der Waals surface area contributed by atoms with Crippen molar-refractivity contribution in [3.63, 3.8) is 0 Å². The summed E-state index contributed by atoms with van der Waals surface area (Å²) in [6.45, 7) is 8.28. The summed E-state index contributed by atoms with van der Waals surface area (Å²) in [5.41, 5.74) is 0.778. The molecule has 5 nitrogen and oxygen atoms in total. The van der Waals surface area contributed by atoms with Gasteiger partial charge in [0.15, 0.2) is 10.8 Å². The fraction of sp³-hybridized carbons (Fsp3) is 0.467. The second-order valence-electron chi connectivity index (χ2n) is 5.40. The summed E-state index contributed by atoms with van der Waals surface area (Å²) < 4.78 is 5.60. The number of rotatable bonds is 2. The second-order valence-corrected chi connectivity index (χ2v) is 6.39. The number of halogens is 2. The molecule has 1 N–H and O–H groups in total. The maximum atomic E-state index is 12.7. The van der Waals surface area contributed by atoms with Crippen LogP contribution in [0.15, 0.2) is 16.5 Å². The Kier molecular flexibility index (Phi) is 7.07. The number of aromatic nitrogens is 1. The van der Waals surface area contributed by atoms with Crippen molar-refractivity contribution < 1.29 is 9.21 Å². The lowest BCUT2D eigenvalue weighted by Gasteiger charge is -2.33. The van der Waals surface area contributed by atoms with Crippen LogP contribution in [0, 0.1) is 13.8 Å². The number of hydrogen-bond donors (Lipinski definition) is 1. The van der Waals surface area contributed by atoms with Gasteiger partial charge < -0.3 is 14.6 Å². The average molecular weight is 378 g/mol. The van der Waals surface area contributed by atoms with Crippen molar-refractivity contribution in [1.29, 1.82) is 0 Å². The number of furan rings is 1. The monoisotopic (exact) mass is 377 g/mol. The van der Waals surface area contributed by atoms with E-state index in [1.54, 1.807) is 0 Å². The van der Waals surface area contributed by atoms with E-state index in [4.69, 9.17) is 4.42 Å². The van der Waals surface area contributed by atoms with E-state index < -0.39 is 0 Å². The molecule has 8 heteroatoms. The molecule has 1 fully saturated rings. The Morgan fingerprint density at radius 3 is 2.74 bits per heavy atom. The van der Waals surface area contributed by atoms with E-state index in [0.29, 0.717) is 4.88 Å². The van der Waals surface area contributed by atoms with Gasteiger partial charge in [0.05, 0.1) is 5.69 Å². The molecule has 2 aromatic heterocycles. The lowest BCUT2D eigenvalue weighted by molar-refractivity contribution is 0.0660. The predicted octanol–water partition coefficient (Wildman–Crippen LogP) is 3.30. The molecular formula is C15H21Cl2N3O2S. The highest BCUT2D eigenvalue weighted by Gasteiger charge is 2.27. The first kappa shape index (κ1) is 20.0. The van der Waals surface area contributed by atoms with Crippen molar-refractivity contribution in [1.82, 2.24) is 15.2 Å². The van der Waals surface area contributed by atoms with Crippen LogP contribution >= 0.6 is 36.2 Å². The molecule has 1 atom stereocenters. The summed E-state index contributed by atoms with van der Waals surface area (Å²) in [6.07, 6.45) is 0. The van der Waals surface area contributed by atoms with Gasteiger partial charge in [-0.15, -0.1) is 36.2 Å². The van der Waals surface area contributed by atoms with Crippen LogP contribution in [0.2, 0.25) is 0 Å². The van der Waals surface area contributed by atoms with Crippen LogP contribution in [0.3, 0.4) is 0 Å².